The maximum Gasteiger partial charge on any atom is 0.419 e. The first-order chi connectivity index (χ1) is 20.1. The fourth-order valence-electron chi connectivity index (χ4n) is 4.72. The summed E-state index contributed by atoms with van der Waals surface area (Å²) in [5.74, 6) is -1.15. The fraction of sp³-hybridized carbons (Fsp3) is 0.276. The van der Waals surface area contributed by atoms with E-state index in [0.29, 0.717) is 35.7 Å². The van der Waals surface area contributed by atoms with Crippen molar-refractivity contribution < 1.29 is 27.1 Å². The Bertz CT molecular complexity index is 1730. The van der Waals surface area contributed by atoms with Crippen molar-refractivity contribution in [1.82, 2.24) is 19.4 Å². The van der Waals surface area contributed by atoms with Gasteiger partial charge in [-0.1, -0.05) is 6.07 Å². The number of hydrogen-bond acceptors (Lipinski definition) is 7. The average molecular weight is 598 g/mol. The molecule has 0 saturated carbocycles. The van der Waals surface area contributed by atoms with Gasteiger partial charge in [0.15, 0.2) is 5.65 Å². The third-order valence-electron chi connectivity index (χ3n) is 6.81. The summed E-state index contributed by atoms with van der Waals surface area (Å²) in [4.78, 5) is 37.8. The van der Waals surface area contributed by atoms with Crippen molar-refractivity contribution in [3.05, 3.63) is 99.5 Å². The molecule has 8 nitrogen and oxygen atoms in total. The second-order valence-corrected chi connectivity index (χ2v) is 10.8. The predicted octanol–water partition coefficient (Wildman–Crippen LogP) is 5.03. The Morgan fingerprint density at radius 3 is 2.67 bits per heavy atom. The second kappa shape index (κ2) is 11.9. The normalized spacial score (nSPS) is 15.9. The third-order valence-corrected chi connectivity index (χ3v) is 7.87. The molecule has 1 fully saturated rings. The first kappa shape index (κ1) is 29.2. The van der Waals surface area contributed by atoms with E-state index in [1.165, 1.54) is 27.4 Å². The Labute approximate surface area is 241 Å². The molecule has 1 saturated heterocycles. The van der Waals surface area contributed by atoms with E-state index >= 15 is 0 Å². The number of amides is 1. The highest BCUT2D eigenvalue weighted by molar-refractivity contribution is 8.00. The largest absolute Gasteiger partial charge is 0.419 e. The van der Waals surface area contributed by atoms with Crippen LogP contribution in [0.15, 0.2) is 65.6 Å². The molecule has 2 aromatic heterocycles. The lowest BCUT2D eigenvalue weighted by atomic mass is 10.1. The molecule has 13 heteroatoms. The molecule has 5 rings (SSSR count). The summed E-state index contributed by atoms with van der Waals surface area (Å²) in [5.41, 5.74) is -1.42. The number of nitriles is 1. The summed E-state index contributed by atoms with van der Waals surface area (Å²) in [6, 6.07) is 13.0. The monoisotopic (exact) mass is 597 g/mol. The first-order valence-electron chi connectivity index (χ1n) is 12.8. The number of thioether (sulfide) groups is 1. The Kier molecular flexibility index (Phi) is 8.29. The highest BCUT2D eigenvalue weighted by atomic mass is 32.2. The molecule has 1 aliphatic rings. The Morgan fingerprint density at radius 2 is 2.00 bits per heavy atom. The van der Waals surface area contributed by atoms with Crippen molar-refractivity contribution in [2.24, 2.45) is 0 Å². The van der Waals surface area contributed by atoms with Gasteiger partial charge in [0, 0.05) is 11.9 Å². The number of rotatable bonds is 7. The minimum Gasteiger partial charge on any atom is -0.365 e. The zero-order valence-corrected chi connectivity index (χ0v) is 23.0. The van der Waals surface area contributed by atoms with Gasteiger partial charge >= 0.3 is 6.18 Å². The van der Waals surface area contributed by atoms with Crippen LogP contribution in [-0.4, -0.2) is 49.7 Å². The van der Waals surface area contributed by atoms with Gasteiger partial charge in [0.2, 0.25) is 5.91 Å². The molecule has 216 valence electrons. The van der Waals surface area contributed by atoms with Crippen LogP contribution in [0.5, 0.6) is 0 Å². The van der Waals surface area contributed by atoms with Crippen LogP contribution in [0.4, 0.5) is 17.6 Å². The van der Waals surface area contributed by atoms with Gasteiger partial charge in [0.05, 0.1) is 53.9 Å². The number of ether oxygens (including phenoxy) is 1. The number of aromatic nitrogens is 3. The van der Waals surface area contributed by atoms with Gasteiger partial charge in [-0.3, -0.25) is 14.2 Å². The van der Waals surface area contributed by atoms with Gasteiger partial charge in [-0.15, -0.1) is 11.8 Å². The molecule has 0 radical (unpaired) electrons. The molecule has 3 heterocycles. The number of carbonyl (C=O) groups excluding carboxylic acids is 1. The number of benzene rings is 2. The molecule has 0 N–H and O–H groups in total. The van der Waals surface area contributed by atoms with Gasteiger partial charge in [0.25, 0.3) is 5.56 Å². The first-order valence-corrected chi connectivity index (χ1v) is 13.9. The SMILES string of the molecule is C[C@H](c1nc2ncccc2c(=O)n1-c1ccc(C#N)cc1)N(CC1OCCS1)C(=O)Cc1ccc(F)c(C(F)(F)F)c1. The molecule has 42 heavy (non-hydrogen) atoms. The van der Waals surface area contributed by atoms with Crippen molar-refractivity contribution in [1.29, 1.82) is 5.26 Å². The van der Waals surface area contributed by atoms with Crippen molar-refractivity contribution >= 4 is 28.7 Å². The Hall–Kier alpha value is -4.28. The summed E-state index contributed by atoms with van der Waals surface area (Å²) >= 11 is 1.48. The van der Waals surface area contributed by atoms with Crippen molar-refractivity contribution in [2.45, 2.75) is 31.0 Å². The minimum atomic E-state index is -4.93. The van der Waals surface area contributed by atoms with Crippen molar-refractivity contribution in [3.63, 3.8) is 0 Å². The lowest BCUT2D eigenvalue weighted by molar-refractivity contribution is -0.140. The Morgan fingerprint density at radius 1 is 1.24 bits per heavy atom. The molecule has 0 bridgehead atoms. The van der Waals surface area contributed by atoms with Gasteiger partial charge in [0.1, 0.15) is 17.1 Å². The molecule has 2 aromatic carbocycles. The number of nitrogens with zero attached hydrogens (tertiary/aromatic N) is 5. The summed E-state index contributed by atoms with van der Waals surface area (Å²) in [6.07, 6.45) is -3.91. The van der Waals surface area contributed by atoms with E-state index < -0.39 is 46.9 Å². The van der Waals surface area contributed by atoms with E-state index in [4.69, 9.17) is 4.74 Å². The minimum absolute atomic E-state index is 0.0245. The highest BCUT2D eigenvalue weighted by Crippen LogP contribution is 2.33. The molecule has 0 aliphatic carbocycles. The van der Waals surface area contributed by atoms with Gasteiger partial charge in [-0.25, -0.2) is 14.4 Å². The molecule has 0 spiro atoms. The van der Waals surface area contributed by atoms with Crippen LogP contribution in [0.1, 0.15) is 35.5 Å². The van der Waals surface area contributed by atoms with Gasteiger partial charge < -0.3 is 9.64 Å². The number of pyridine rings is 1. The zero-order chi connectivity index (χ0) is 30.0. The third kappa shape index (κ3) is 6.00. The topological polar surface area (TPSA) is 101 Å². The maximum atomic E-state index is 13.9. The maximum absolute atomic E-state index is 13.9. The van der Waals surface area contributed by atoms with E-state index in [1.54, 1.807) is 43.3 Å². The molecular weight excluding hydrogens is 574 g/mol. The molecule has 4 aromatic rings. The number of carbonyl (C=O) groups is 1. The average Bonchev–Trinajstić information content (AvgIpc) is 3.49. The smallest absolute Gasteiger partial charge is 0.365 e. The van der Waals surface area contributed by atoms with E-state index in [1.807, 2.05) is 6.07 Å². The van der Waals surface area contributed by atoms with Crippen LogP contribution in [0, 0.1) is 17.1 Å². The van der Waals surface area contributed by atoms with Crippen LogP contribution in [-0.2, 0) is 22.1 Å². The lowest BCUT2D eigenvalue weighted by Gasteiger charge is -2.32. The van der Waals surface area contributed by atoms with Gasteiger partial charge in [-0.05, 0) is 61.0 Å². The molecule has 1 amide bonds. The summed E-state index contributed by atoms with van der Waals surface area (Å²) < 4.78 is 61.0. The number of fused-ring (bicyclic) bond motifs is 1. The van der Waals surface area contributed by atoms with E-state index in [-0.39, 0.29) is 29.0 Å². The van der Waals surface area contributed by atoms with Crippen molar-refractivity contribution in [3.8, 4) is 11.8 Å². The fourth-order valence-corrected chi connectivity index (χ4v) is 5.63. The van der Waals surface area contributed by atoms with E-state index in [2.05, 4.69) is 9.97 Å². The van der Waals surface area contributed by atoms with E-state index in [9.17, 15) is 32.4 Å². The lowest BCUT2D eigenvalue weighted by Crippen LogP contribution is -2.41. The standard InChI is InChI=1S/C29H23F4N5O3S/c1-17(27-36-26-21(3-2-10-35-26)28(40)38(27)20-7-4-18(15-34)5-8-20)37(16-25-41-11-12-42-25)24(39)14-19-6-9-23(30)22(13-19)29(31,32)33/h2-10,13,17,25H,11-12,14,16H2,1H3/t17-,25?/m1/s1. The molecule has 1 unspecified atom stereocenters. The van der Waals surface area contributed by atoms with Crippen LogP contribution in [0.2, 0.25) is 0 Å². The van der Waals surface area contributed by atoms with Crippen LogP contribution >= 0.6 is 11.8 Å². The van der Waals surface area contributed by atoms with Crippen LogP contribution < -0.4 is 5.56 Å². The quantitative estimate of drug-likeness (QED) is 0.276. The molecule has 2 atom stereocenters. The molecular formula is C29H23F4N5O3S. The zero-order valence-electron chi connectivity index (χ0n) is 22.1. The predicted molar refractivity (Wildman–Crippen MR) is 147 cm³/mol. The number of hydrogen-bond donors (Lipinski definition) is 0. The number of halogens is 4. The highest BCUT2D eigenvalue weighted by Gasteiger charge is 2.35. The van der Waals surface area contributed by atoms with E-state index in [0.717, 1.165) is 6.07 Å². The number of alkyl halides is 3. The Balaban J connectivity index is 1.59. The summed E-state index contributed by atoms with van der Waals surface area (Å²) in [6.45, 7) is 2.17. The van der Waals surface area contributed by atoms with Crippen molar-refractivity contribution in [2.75, 3.05) is 18.9 Å². The molecule has 1 aliphatic heterocycles. The second-order valence-electron chi connectivity index (χ2n) is 9.53. The summed E-state index contributed by atoms with van der Waals surface area (Å²) in [5, 5.41) is 9.46. The van der Waals surface area contributed by atoms with Gasteiger partial charge in [-0.2, -0.15) is 18.4 Å². The van der Waals surface area contributed by atoms with Crippen LogP contribution in [0.3, 0.4) is 0 Å². The summed E-state index contributed by atoms with van der Waals surface area (Å²) in [7, 11) is 0. The van der Waals surface area contributed by atoms with Crippen LogP contribution in [0.25, 0.3) is 16.7 Å².